The average molecular weight is 382 g/mol. The topological polar surface area (TPSA) is 64.2 Å². The highest BCUT2D eigenvalue weighted by atomic mass is 19.1. The fraction of sp³-hybridized carbons (Fsp3) is 0.381. The molecule has 2 aromatic heterocycles. The standard InChI is InChI=1S/C21H23FN4O2/c1-13-4-5-15(9-18(13)22)8-16-6-7-26(12-16)21(27)19-10-20(28-24-19)17-11-23-25(3)14(17)2/h4-5,9-11,16H,6-8,12H2,1-3H3. The molecule has 0 N–H and O–H groups in total. The number of rotatable bonds is 4. The zero-order valence-corrected chi connectivity index (χ0v) is 16.3. The van der Waals surface area contributed by atoms with Crippen LogP contribution in [0.25, 0.3) is 11.3 Å². The molecule has 3 heterocycles. The minimum atomic E-state index is -0.177. The van der Waals surface area contributed by atoms with Gasteiger partial charge in [-0.25, -0.2) is 4.39 Å². The van der Waals surface area contributed by atoms with Crippen LogP contribution in [0.15, 0.2) is 35.0 Å². The monoisotopic (exact) mass is 382 g/mol. The van der Waals surface area contributed by atoms with Crippen molar-refractivity contribution < 1.29 is 13.7 Å². The predicted octanol–water partition coefficient (Wildman–Crippen LogP) is 3.54. The highest BCUT2D eigenvalue weighted by Gasteiger charge is 2.29. The molecule has 1 amide bonds. The molecule has 4 rings (SSSR count). The van der Waals surface area contributed by atoms with E-state index in [0.717, 1.165) is 29.7 Å². The van der Waals surface area contributed by atoms with Crippen LogP contribution in [0.3, 0.4) is 0 Å². The maximum absolute atomic E-state index is 13.8. The summed E-state index contributed by atoms with van der Waals surface area (Å²) in [6.45, 7) is 5.01. The summed E-state index contributed by atoms with van der Waals surface area (Å²) in [5, 5.41) is 8.16. The Morgan fingerprint density at radius 2 is 2.14 bits per heavy atom. The maximum Gasteiger partial charge on any atom is 0.276 e. The Hall–Kier alpha value is -2.96. The van der Waals surface area contributed by atoms with Gasteiger partial charge in [-0.05, 0) is 49.8 Å². The molecule has 0 bridgehead atoms. The molecule has 6 nitrogen and oxygen atoms in total. The van der Waals surface area contributed by atoms with E-state index in [4.69, 9.17) is 4.52 Å². The molecule has 146 valence electrons. The SMILES string of the molecule is Cc1ccc(CC2CCN(C(=O)c3cc(-c4cnn(C)c4C)on3)C2)cc1F. The van der Waals surface area contributed by atoms with Crippen LogP contribution in [-0.4, -0.2) is 38.8 Å². The van der Waals surface area contributed by atoms with Crippen LogP contribution in [0.5, 0.6) is 0 Å². The average Bonchev–Trinajstić information content (AvgIpc) is 3.40. The van der Waals surface area contributed by atoms with Crippen LogP contribution in [0.2, 0.25) is 0 Å². The van der Waals surface area contributed by atoms with Crippen LogP contribution in [0, 0.1) is 25.6 Å². The molecule has 1 aliphatic heterocycles. The van der Waals surface area contributed by atoms with Gasteiger partial charge in [0.05, 0.1) is 11.8 Å². The lowest BCUT2D eigenvalue weighted by Crippen LogP contribution is -2.29. The number of amides is 1. The third kappa shape index (κ3) is 3.44. The third-order valence-corrected chi connectivity index (χ3v) is 5.56. The van der Waals surface area contributed by atoms with Crippen molar-refractivity contribution >= 4 is 5.91 Å². The van der Waals surface area contributed by atoms with Gasteiger partial charge < -0.3 is 9.42 Å². The van der Waals surface area contributed by atoms with Gasteiger partial charge in [-0.3, -0.25) is 9.48 Å². The summed E-state index contributed by atoms with van der Waals surface area (Å²) in [6.07, 6.45) is 3.37. The molecule has 0 radical (unpaired) electrons. The minimum Gasteiger partial charge on any atom is -0.355 e. The van der Waals surface area contributed by atoms with Gasteiger partial charge in [0, 0.05) is 31.9 Å². The van der Waals surface area contributed by atoms with Crippen LogP contribution in [0.4, 0.5) is 4.39 Å². The second kappa shape index (κ2) is 7.22. The van der Waals surface area contributed by atoms with Crippen LogP contribution >= 0.6 is 0 Å². The molecular formula is C21H23FN4O2. The summed E-state index contributed by atoms with van der Waals surface area (Å²) in [6, 6.07) is 7.04. The number of benzene rings is 1. The fourth-order valence-corrected chi connectivity index (χ4v) is 3.69. The van der Waals surface area contributed by atoms with E-state index in [1.54, 1.807) is 40.9 Å². The van der Waals surface area contributed by atoms with E-state index in [1.165, 1.54) is 0 Å². The first kappa shape index (κ1) is 18.4. The van der Waals surface area contributed by atoms with E-state index >= 15 is 0 Å². The Bertz CT molecular complexity index is 1020. The van der Waals surface area contributed by atoms with E-state index in [9.17, 15) is 9.18 Å². The second-order valence-electron chi connectivity index (χ2n) is 7.54. The smallest absolute Gasteiger partial charge is 0.276 e. The van der Waals surface area contributed by atoms with E-state index in [1.807, 2.05) is 20.0 Å². The Morgan fingerprint density at radius 1 is 1.32 bits per heavy atom. The molecule has 0 spiro atoms. The summed E-state index contributed by atoms with van der Waals surface area (Å²) in [5.74, 6) is 0.552. The number of halogens is 1. The van der Waals surface area contributed by atoms with Gasteiger partial charge in [0.2, 0.25) is 0 Å². The van der Waals surface area contributed by atoms with Gasteiger partial charge in [-0.15, -0.1) is 0 Å². The molecule has 7 heteroatoms. The van der Waals surface area contributed by atoms with E-state index in [-0.39, 0.29) is 11.7 Å². The largest absolute Gasteiger partial charge is 0.355 e. The first-order valence-corrected chi connectivity index (χ1v) is 9.42. The zero-order chi connectivity index (χ0) is 19.8. The summed E-state index contributed by atoms with van der Waals surface area (Å²) in [5.41, 5.74) is 3.70. The lowest BCUT2D eigenvalue weighted by atomic mass is 9.98. The Kier molecular flexibility index (Phi) is 4.75. The van der Waals surface area contributed by atoms with Crippen molar-refractivity contribution in [3.8, 4) is 11.3 Å². The number of carbonyl (C=O) groups excluding carboxylic acids is 1. The summed E-state index contributed by atoms with van der Waals surface area (Å²) >= 11 is 0. The second-order valence-corrected chi connectivity index (χ2v) is 7.54. The lowest BCUT2D eigenvalue weighted by Gasteiger charge is -2.15. The number of carbonyl (C=O) groups is 1. The number of nitrogens with zero attached hydrogens (tertiary/aromatic N) is 4. The van der Waals surface area contributed by atoms with Crippen molar-refractivity contribution in [1.29, 1.82) is 0 Å². The molecule has 1 atom stereocenters. The fourth-order valence-electron chi connectivity index (χ4n) is 3.69. The Balaban J connectivity index is 1.42. The van der Waals surface area contributed by atoms with Crippen molar-refractivity contribution in [2.24, 2.45) is 13.0 Å². The third-order valence-electron chi connectivity index (χ3n) is 5.56. The normalized spacial score (nSPS) is 16.7. The molecule has 1 saturated heterocycles. The summed E-state index contributed by atoms with van der Waals surface area (Å²) in [7, 11) is 1.85. The minimum absolute atomic E-state index is 0.130. The van der Waals surface area contributed by atoms with Gasteiger partial charge in [-0.2, -0.15) is 5.10 Å². The van der Waals surface area contributed by atoms with Crippen molar-refractivity contribution in [3.05, 3.63) is 58.8 Å². The highest BCUT2D eigenvalue weighted by molar-refractivity contribution is 5.93. The molecule has 3 aromatic rings. The van der Waals surface area contributed by atoms with Crippen molar-refractivity contribution in [1.82, 2.24) is 19.8 Å². The van der Waals surface area contributed by atoms with Gasteiger partial charge in [-0.1, -0.05) is 17.3 Å². The van der Waals surface area contributed by atoms with Gasteiger partial charge in [0.15, 0.2) is 11.5 Å². The number of aryl methyl sites for hydroxylation is 2. The quantitative estimate of drug-likeness (QED) is 0.692. The maximum atomic E-state index is 13.8. The highest BCUT2D eigenvalue weighted by Crippen LogP contribution is 2.26. The number of aromatic nitrogens is 3. The molecule has 1 aliphatic rings. The van der Waals surface area contributed by atoms with Gasteiger partial charge in [0.1, 0.15) is 5.82 Å². The van der Waals surface area contributed by atoms with Crippen LogP contribution in [0.1, 0.15) is 33.7 Å². The molecule has 0 saturated carbocycles. The summed E-state index contributed by atoms with van der Waals surface area (Å²) in [4.78, 5) is 14.6. The first-order chi connectivity index (χ1) is 13.4. The molecule has 1 aromatic carbocycles. The van der Waals surface area contributed by atoms with Crippen LogP contribution in [-0.2, 0) is 13.5 Å². The predicted molar refractivity (Wildman–Crippen MR) is 102 cm³/mol. The Morgan fingerprint density at radius 3 is 2.86 bits per heavy atom. The number of likely N-dealkylation sites (tertiary alicyclic amines) is 1. The zero-order valence-electron chi connectivity index (χ0n) is 16.3. The Labute approximate surface area is 162 Å². The molecular weight excluding hydrogens is 359 g/mol. The molecule has 1 unspecified atom stereocenters. The van der Waals surface area contributed by atoms with Gasteiger partial charge >= 0.3 is 0 Å². The molecule has 1 fully saturated rings. The van der Waals surface area contributed by atoms with E-state index < -0.39 is 0 Å². The van der Waals surface area contributed by atoms with Crippen molar-refractivity contribution in [3.63, 3.8) is 0 Å². The van der Waals surface area contributed by atoms with Crippen molar-refractivity contribution in [2.75, 3.05) is 13.1 Å². The van der Waals surface area contributed by atoms with E-state index in [2.05, 4.69) is 10.3 Å². The molecule has 0 aliphatic carbocycles. The number of hydrogen-bond donors (Lipinski definition) is 0. The first-order valence-electron chi connectivity index (χ1n) is 9.42. The van der Waals surface area contributed by atoms with Crippen molar-refractivity contribution in [2.45, 2.75) is 26.7 Å². The van der Waals surface area contributed by atoms with E-state index in [0.29, 0.717) is 36.0 Å². The summed E-state index contributed by atoms with van der Waals surface area (Å²) < 4.78 is 20.9. The van der Waals surface area contributed by atoms with Gasteiger partial charge in [0.25, 0.3) is 5.91 Å². The molecule has 28 heavy (non-hydrogen) atoms. The lowest BCUT2D eigenvalue weighted by molar-refractivity contribution is 0.0777. The number of hydrogen-bond acceptors (Lipinski definition) is 4. The van der Waals surface area contributed by atoms with Crippen LogP contribution < -0.4 is 0 Å².